The van der Waals surface area contributed by atoms with Gasteiger partial charge in [-0.25, -0.2) is 9.18 Å². The quantitative estimate of drug-likeness (QED) is 0.825. The lowest BCUT2D eigenvalue weighted by atomic mass is 10.2. The van der Waals surface area contributed by atoms with Crippen molar-refractivity contribution in [3.63, 3.8) is 0 Å². The molecule has 0 bridgehead atoms. The van der Waals surface area contributed by atoms with Crippen molar-refractivity contribution in [2.24, 2.45) is 0 Å². The summed E-state index contributed by atoms with van der Waals surface area (Å²) in [5.41, 5.74) is 1.20. The van der Waals surface area contributed by atoms with Crippen LogP contribution in [0.25, 0.3) is 0 Å². The van der Waals surface area contributed by atoms with Gasteiger partial charge in [0.05, 0.1) is 12.2 Å². The molecular weight excluding hydrogens is 313 g/mol. The Bertz CT molecular complexity index is 746. The van der Waals surface area contributed by atoms with Crippen LogP contribution in [0.1, 0.15) is 22.8 Å². The third-order valence-electron chi connectivity index (χ3n) is 3.17. The number of ether oxygens (including phenoxy) is 2. The highest BCUT2D eigenvalue weighted by molar-refractivity contribution is 5.92. The number of benzene rings is 2. The van der Waals surface area contributed by atoms with E-state index in [4.69, 9.17) is 9.47 Å². The van der Waals surface area contributed by atoms with E-state index in [9.17, 15) is 14.0 Å². The normalized spacial score (nSPS) is 10.1. The van der Waals surface area contributed by atoms with Crippen molar-refractivity contribution in [1.82, 2.24) is 0 Å². The number of halogens is 1. The van der Waals surface area contributed by atoms with Gasteiger partial charge in [0, 0.05) is 5.69 Å². The molecule has 0 aliphatic rings. The molecule has 0 aromatic heterocycles. The van der Waals surface area contributed by atoms with Crippen LogP contribution in [0.4, 0.5) is 10.1 Å². The Hall–Kier alpha value is -2.89. The maximum atomic E-state index is 13.4. The minimum absolute atomic E-state index is 0.262. The molecule has 0 radical (unpaired) electrons. The highest BCUT2D eigenvalue weighted by Gasteiger charge is 2.09. The number of esters is 1. The molecule has 0 aliphatic heterocycles. The summed E-state index contributed by atoms with van der Waals surface area (Å²) in [4.78, 5) is 23.5. The smallest absolute Gasteiger partial charge is 0.338 e. The molecule has 126 valence electrons. The Balaban J connectivity index is 1.92. The Morgan fingerprint density at radius 1 is 1.17 bits per heavy atom. The van der Waals surface area contributed by atoms with Crippen molar-refractivity contribution in [2.45, 2.75) is 13.8 Å². The Morgan fingerprint density at radius 3 is 2.67 bits per heavy atom. The summed E-state index contributed by atoms with van der Waals surface area (Å²) in [5, 5.41) is 2.54. The lowest BCUT2D eigenvalue weighted by Gasteiger charge is -2.09. The molecule has 2 aromatic rings. The first-order valence-electron chi connectivity index (χ1n) is 7.45. The zero-order chi connectivity index (χ0) is 17.5. The first-order valence-corrected chi connectivity index (χ1v) is 7.45. The highest BCUT2D eigenvalue weighted by atomic mass is 19.1. The van der Waals surface area contributed by atoms with Crippen LogP contribution in [-0.4, -0.2) is 25.1 Å². The van der Waals surface area contributed by atoms with Gasteiger partial charge in [-0.1, -0.05) is 12.1 Å². The van der Waals surface area contributed by atoms with Crippen LogP contribution in [0.5, 0.6) is 5.75 Å². The fourth-order valence-electron chi connectivity index (χ4n) is 1.94. The summed E-state index contributed by atoms with van der Waals surface area (Å²) >= 11 is 0. The topological polar surface area (TPSA) is 64.6 Å². The van der Waals surface area contributed by atoms with Gasteiger partial charge in [-0.3, -0.25) is 4.79 Å². The van der Waals surface area contributed by atoms with Crippen LogP contribution in [0, 0.1) is 12.7 Å². The van der Waals surface area contributed by atoms with Crippen LogP contribution in [0.15, 0.2) is 42.5 Å². The second-order valence-electron chi connectivity index (χ2n) is 5.05. The molecule has 5 nitrogen and oxygen atoms in total. The second-order valence-corrected chi connectivity index (χ2v) is 5.05. The number of carbonyl (C=O) groups is 2. The third kappa shape index (κ3) is 4.81. The van der Waals surface area contributed by atoms with Crippen molar-refractivity contribution in [3.8, 4) is 5.75 Å². The first-order chi connectivity index (χ1) is 11.5. The van der Waals surface area contributed by atoms with E-state index < -0.39 is 17.7 Å². The van der Waals surface area contributed by atoms with Gasteiger partial charge in [-0.05, 0) is 49.7 Å². The van der Waals surface area contributed by atoms with E-state index in [0.717, 1.165) is 0 Å². The Labute approximate surface area is 139 Å². The van der Waals surface area contributed by atoms with Crippen molar-refractivity contribution in [1.29, 1.82) is 0 Å². The summed E-state index contributed by atoms with van der Waals surface area (Å²) < 4.78 is 23.7. The maximum absolute atomic E-state index is 13.4. The van der Waals surface area contributed by atoms with E-state index in [1.807, 2.05) is 0 Å². The molecule has 24 heavy (non-hydrogen) atoms. The van der Waals surface area contributed by atoms with Gasteiger partial charge < -0.3 is 14.8 Å². The second kappa shape index (κ2) is 8.10. The number of hydrogen-bond acceptors (Lipinski definition) is 4. The zero-order valence-corrected chi connectivity index (χ0v) is 13.5. The zero-order valence-electron chi connectivity index (χ0n) is 13.5. The van der Waals surface area contributed by atoms with Gasteiger partial charge in [-0.15, -0.1) is 0 Å². The van der Waals surface area contributed by atoms with E-state index in [-0.39, 0.29) is 13.2 Å². The van der Waals surface area contributed by atoms with Gasteiger partial charge in [0.2, 0.25) is 0 Å². The average Bonchev–Trinajstić information content (AvgIpc) is 2.57. The first kappa shape index (κ1) is 17.5. The molecule has 1 amide bonds. The summed E-state index contributed by atoms with van der Waals surface area (Å²) in [6.45, 7) is 3.37. The van der Waals surface area contributed by atoms with Crippen LogP contribution in [0.3, 0.4) is 0 Å². The van der Waals surface area contributed by atoms with E-state index in [1.165, 1.54) is 12.1 Å². The van der Waals surface area contributed by atoms with Crippen molar-refractivity contribution in [2.75, 3.05) is 18.5 Å². The Kier molecular flexibility index (Phi) is 5.89. The maximum Gasteiger partial charge on any atom is 0.338 e. The number of rotatable bonds is 6. The number of hydrogen-bond donors (Lipinski definition) is 1. The van der Waals surface area contributed by atoms with Gasteiger partial charge in [-0.2, -0.15) is 0 Å². The van der Waals surface area contributed by atoms with Crippen molar-refractivity contribution < 1.29 is 23.5 Å². The molecule has 0 saturated heterocycles. The lowest BCUT2D eigenvalue weighted by molar-refractivity contribution is -0.118. The van der Waals surface area contributed by atoms with Gasteiger partial charge in [0.1, 0.15) is 11.6 Å². The van der Waals surface area contributed by atoms with Gasteiger partial charge >= 0.3 is 5.97 Å². The van der Waals surface area contributed by atoms with E-state index >= 15 is 0 Å². The predicted octanol–water partition coefficient (Wildman–Crippen LogP) is 3.33. The highest BCUT2D eigenvalue weighted by Crippen LogP contribution is 2.15. The van der Waals surface area contributed by atoms with Crippen LogP contribution < -0.4 is 10.1 Å². The van der Waals surface area contributed by atoms with E-state index in [1.54, 1.807) is 44.2 Å². The van der Waals surface area contributed by atoms with Gasteiger partial charge in [0.15, 0.2) is 6.61 Å². The monoisotopic (exact) mass is 331 g/mol. The van der Waals surface area contributed by atoms with E-state index in [0.29, 0.717) is 22.6 Å². The number of aryl methyl sites for hydroxylation is 1. The fourth-order valence-corrected chi connectivity index (χ4v) is 1.94. The molecule has 6 heteroatoms. The number of nitrogens with one attached hydrogen (secondary N) is 1. The molecule has 0 spiro atoms. The van der Waals surface area contributed by atoms with Crippen LogP contribution in [0.2, 0.25) is 0 Å². The summed E-state index contributed by atoms with van der Waals surface area (Å²) in [6.07, 6.45) is 0. The predicted molar refractivity (Wildman–Crippen MR) is 87.7 cm³/mol. The lowest BCUT2D eigenvalue weighted by Crippen LogP contribution is -2.20. The minimum atomic E-state index is -0.456. The number of carbonyl (C=O) groups excluding carboxylic acids is 2. The summed E-state index contributed by atoms with van der Waals surface area (Å²) in [6, 6.07) is 10.8. The van der Waals surface area contributed by atoms with Crippen LogP contribution in [-0.2, 0) is 9.53 Å². The third-order valence-corrected chi connectivity index (χ3v) is 3.17. The summed E-state index contributed by atoms with van der Waals surface area (Å²) in [7, 11) is 0. The van der Waals surface area contributed by atoms with Gasteiger partial charge in [0.25, 0.3) is 5.91 Å². The largest absolute Gasteiger partial charge is 0.484 e. The minimum Gasteiger partial charge on any atom is -0.484 e. The number of amides is 1. The molecule has 1 N–H and O–H groups in total. The molecule has 0 aliphatic carbocycles. The van der Waals surface area contributed by atoms with E-state index in [2.05, 4.69) is 5.32 Å². The van der Waals surface area contributed by atoms with Crippen molar-refractivity contribution in [3.05, 3.63) is 59.4 Å². The SMILES string of the molecule is CCOC(=O)c1cccc(OCC(=O)Nc2ccc(C)c(F)c2)c1. The molecule has 2 aromatic carbocycles. The fraction of sp³-hybridized carbons (Fsp3) is 0.222. The van der Waals surface area contributed by atoms with Crippen molar-refractivity contribution >= 4 is 17.6 Å². The number of anilines is 1. The molecule has 0 atom stereocenters. The molecule has 0 fully saturated rings. The van der Waals surface area contributed by atoms with Crippen LogP contribution >= 0.6 is 0 Å². The molecular formula is C18H18FNO4. The summed E-state index contributed by atoms with van der Waals surface area (Å²) in [5.74, 6) is -0.913. The molecule has 0 saturated carbocycles. The Morgan fingerprint density at radius 2 is 1.96 bits per heavy atom. The average molecular weight is 331 g/mol. The molecule has 0 heterocycles. The molecule has 0 unspecified atom stereocenters. The molecule has 2 rings (SSSR count). The standard InChI is InChI=1S/C18H18FNO4/c1-3-23-18(22)13-5-4-6-15(9-13)24-11-17(21)20-14-8-7-12(2)16(19)10-14/h4-10H,3,11H2,1-2H3,(H,20,21).